The Bertz CT molecular complexity index is 1290. The minimum atomic E-state index is -0.396. The molecule has 0 aromatic heterocycles. The van der Waals surface area contributed by atoms with Gasteiger partial charge < -0.3 is 0 Å². The number of rotatable bonds is 3. The first-order valence-electron chi connectivity index (χ1n) is 9.73. The first kappa shape index (κ1) is 19.8. The summed E-state index contributed by atoms with van der Waals surface area (Å²) in [4.78, 5) is 0. The normalized spacial score (nSPS) is 10.7. The highest BCUT2D eigenvalue weighted by atomic mass is 19.1. The zero-order valence-electron chi connectivity index (χ0n) is 16.5. The molecule has 0 amide bonds. The van der Waals surface area contributed by atoms with Crippen LogP contribution in [0, 0.1) is 36.2 Å². The van der Waals surface area contributed by atoms with E-state index in [-0.39, 0.29) is 11.6 Å². The van der Waals surface area contributed by atoms with Gasteiger partial charge in [-0.05, 0) is 89.7 Å². The molecule has 0 radical (unpaired) electrons. The Morgan fingerprint density at radius 1 is 0.667 bits per heavy atom. The van der Waals surface area contributed by atoms with Crippen molar-refractivity contribution in [3.63, 3.8) is 0 Å². The van der Waals surface area contributed by atoms with E-state index in [0.717, 1.165) is 27.5 Å². The molecule has 0 bridgehead atoms. The summed E-state index contributed by atoms with van der Waals surface area (Å²) in [5, 5.41) is 1.67. The Balaban J connectivity index is 1.49. The average molecular weight is 400 g/mol. The van der Waals surface area contributed by atoms with Crippen LogP contribution in [0.5, 0.6) is 0 Å². The number of hydrogen-bond donors (Lipinski definition) is 0. The molecule has 0 aliphatic carbocycles. The second-order valence-electron chi connectivity index (χ2n) is 7.37. The molecule has 0 unspecified atom stereocenters. The first-order chi connectivity index (χ1) is 14.5. The lowest BCUT2D eigenvalue weighted by Crippen LogP contribution is -1.97. The molecule has 0 atom stereocenters. The van der Waals surface area contributed by atoms with E-state index in [0.29, 0.717) is 24.0 Å². The highest BCUT2D eigenvalue weighted by Crippen LogP contribution is 2.18. The van der Waals surface area contributed by atoms with E-state index >= 15 is 0 Å². The number of fused-ring (bicyclic) bond motifs is 1. The second-order valence-corrected chi connectivity index (χ2v) is 7.37. The summed E-state index contributed by atoms with van der Waals surface area (Å²) in [5.41, 5.74) is 3.34. The molecule has 0 saturated carbocycles. The molecular weight excluding hydrogens is 381 g/mol. The van der Waals surface area contributed by atoms with E-state index in [1.165, 1.54) is 24.3 Å². The maximum absolute atomic E-state index is 14.5. The van der Waals surface area contributed by atoms with Gasteiger partial charge in [-0.25, -0.2) is 13.2 Å². The van der Waals surface area contributed by atoms with Crippen LogP contribution in [0.15, 0.2) is 72.8 Å². The lowest BCUT2D eigenvalue weighted by molar-refractivity contribution is 0.606. The van der Waals surface area contributed by atoms with Crippen molar-refractivity contribution in [1.82, 2.24) is 0 Å². The van der Waals surface area contributed by atoms with Gasteiger partial charge in [0, 0.05) is 5.56 Å². The summed E-state index contributed by atoms with van der Waals surface area (Å²) in [6, 6.07) is 20.1. The molecule has 148 valence electrons. The van der Waals surface area contributed by atoms with E-state index in [1.807, 2.05) is 25.1 Å². The van der Waals surface area contributed by atoms with Crippen LogP contribution in [-0.2, 0) is 12.8 Å². The standard InChI is InChI=1S/C27H19F3/c1-18-2-7-21(26(29)14-18)9-4-20-5-10-22(27(30)16-20)8-3-19-6-11-24-17-25(28)13-12-23(24)15-19/h2,5-7,10-17H,4,9H2,1H3. The summed E-state index contributed by atoms with van der Waals surface area (Å²) in [7, 11) is 0. The Labute approximate surface area is 174 Å². The zero-order chi connectivity index (χ0) is 21.1. The summed E-state index contributed by atoms with van der Waals surface area (Å²) in [5.74, 6) is 4.92. The fourth-order valence-corrected chi connectivity index (χ4v) is 3.38. The summed E-state index contributed by atoms with van der Waals surface area (Å²) in [6.45, 7) is 1.85. The molecule has 0 heterocycles. The van der Waals surface area contributed by atoms with Gasteiger partial charge in [0.2, 0.25) is 0 Å². The number of halogens is 3. The van der Waals surface area contributed by atoms with E-state index in [9.17, 15) is 13.2 Å². The van der Waals surface area contributed by atoms with Crippen molar-refractivity contribution in [1.29, 1.82) is 0 Å². The zero-order valence-corrected chi connectivity index (χ0v) is 16.5. The van der Waals surface area contributed by atoms with Crippen molar-refractivity contribution in [3.05, 3.63) is 118 Å². The van der Waals surface area contributed by atoms with E-state index in [2.05, 4.69) is 11.8 Å². The Morgan fingerprint density at radius 3 is 2.27 bits per heavy atom. The molecule has 0 N–H and O–H groups in total. The molecule has 3 heteroatoms. The molecule has 0 nitrogen and oxygen atoms in total. The SMILES string of the molecule is Cc1ccc(CCc2ccc(C#Cc3ccc4cc(F)ccc4c3)c(F)c2)c(F)c1. The lowest BCUT2D eigenvalue weighted by atomic mass is 10.0. The van der Waals surface area contributed by atoms with Crippen molar-refractivity contribution in [3.8, 4) is 11.8 Å². The number of aryl methyl sites for hydroxylation is 3. The highest BCUT2D eigenvalue weighted by molar-refractivity contribution is 5.84. The van der Waals surface area contributed by atoms with Gasteiger partial charge in [0.1, 0.15) is 17.5 Å². The first-order valence-corrected chi connectivity index (χ1v) is 9.73. The van der Waals surface area contributed by atoms with Crippen LogP contribution in [0.4, 0.5) is 13.2 Å². The fraction of sp³-hybridized carbons (Fsp3) is 0.111. The predicted octanol–water partition coefficient (Wildman–Crippen LogP) is 6.75. The Kier molecular flexibility index (Phi) is 5.59. The second kappa shape index (κ2) is 8.47. The minimum Gasteiger partial charge on any atom is -0.207 e. The maximum Gasteiger partial charge on any atom is 0.139 e. The van der Waals surface area contributed by atoms with E-state index in [4.69, 9.17) is 0 Å². The van der Waals surface area contributed by atoms with Gasteiger partial charge in [-0.1, -0.05) is 42.2 Å². The molecule has 0 fully saturated rings. The smallest absolute Gasteiger partial charge is 0.139 e. The van der Waals surface area contributed by atoms with Crippen LogP contribution in [0.25, 0.3) is 10.8 Å². The van der Waals surface area contributed by atoms with Crippen LogP contribution in [0.3, 0.4) is 0 Å². The van der Waals surface area contributed by atoms with Crippen molar-refractivity contribution in [2.24, 2.45) is 0 Å². The van der Waals surface area contributed by atoms with Crippen LogP contribution in [-0.4, -0.2) is 0 Å². The summed E-state index contributed by atoms with van der Waals surface area (Å²) in [6.07, 6.45) is 1.06. The number of hydrogen-bond acceptors (Lipinski definition) is 0. The van der Waals surface area contributed by atoms with Gasteiger partial charge in [-0.3, -0.25) is 0 Å². The molecule has 0 aliphatic rings. The van der Waals surface area contributed by atoms with Crippen LogP contribution < -0.4 is 0 Å². The van der Waals surface area contributed by atoms with Crippen LogP contribution >= 0.6 is 0 Å². The Morgan fingerprint density at radius 2 is 1.47 bits per heavy atom. The predicted molar refractivity (Wildman–Crippen MR) is 115 cm³/mol. The fourth-order valence-electron chi connectivity index (χ4n) is 3.38. The molecule has 4 rings (SSSR count). The molecule has 0 spiro atoms. The van der Waals surface area contributed by atoms with Gasteiger partial charge in [0.25, 0.3) is 0 Å². The molecule has 30 heavy (non-hydrogen) atoms. The molecule has 4 aromatic carbocycles. The third kappa shape index (κ3) is 4.55. The largest absolute Gasteiger partial charge is 0.207 e. The van der Waals surface area contributed by atoms with E-state index < -0.39 is 5.82 Å². The minimum absolute atomic E-state index is 0.226. The van der Waals surface area contributed by atoms with Gasteiger partial charge in [-0.2, -0.15) is 0 Å². The summed E-state index contributed by atoms with van der Waals surface area (Å²) < 4.78 is 41.7. The topological polar surface area (TPSA) is 0 Å². The van der Waals surface area contributed by atoms with Crippen molar-refractivity contribution < 1.29 is 13.2 Å². The van der Waals surface area contributed by atoms with Gasteiger partial charge in [-0.15, -0.1) is 0 Å². The van der Waals surface area contributed by atoms with Crippen LogP contribution in [0.2, 0.25) is 0 Å². The maximum atomic E-state index is 14.5. The average Bonchev–Trinajstić information content (AvgIpc) is 2.72. The summed E-state index contributed by atoms with van der Waals surface area (Å²) >= 11 is 0. The molecule has 4 aromatic rings. The monoisotopic (exact) mass is 400 g/mol. The Hall–Kier alpha value is -3.51. The van der Waals surface area contributed by atoms with Crippen molar-refractivity contribution in [2.75, 3.05) is 0 Å². The quantitative estimate of drug-likeness (QED) is 0.334. The molecule has 0 aliphatic heterocycles. The van der Waals surface area contributed by atoms with Crippen LogP contribution in [0.1, 0.15) is 27.8 Å². The van der Waals surface area contributed by atoms with Gasteiger partial charge in [0.05, 0.1) is 5.56 Å². The lowest BCUT2D eigenvalue weighted by Gasteiger charge is -2.06. The van der Waals surface area contributed by atoms with Crippen molar-refractivity contribution in [2.45, 2.75) is 19.8 Å². The van der Waals surface area contributed by atoms with E-state index in [1.54, 1.807) is 30.3 Å². The third-order valence-electron chi connectivity index (χ3n) is 5.07. The van der Waals surface area contributed by atoms with Crippen molar-refractivity contribution >= 4 is 10.8 Å². The van der Waals surface area contributed by atoms with Gasteiger partial charge >= 0.3 is 0 Å². The molecule has 0 saturated heterocycles. The molecular formula is C27H19F3. The highest BCUT2D eigenvalue weighted by Gasteiger charge is 2.06. The van der Waals surface area contributed by atoms with Gasteiger partial charge in [0.15, 0.2) is 0 Å². The number of benzene rings is 4. The third-order valence-corrected chi connectivity index (χ3v) is 5.07.